The maximum Gasteiger partial charge on any atom is 0.0100 e. The quantitative estimate of drug-likeness (QED) is 0.670. The van der Waals surface area contributed by atoms with Gasteiger partial charge in [0.25, 0.3) is 0 Å². The van der Waals surface area contributed by atoms with Crippen LogP contribution in [-0.4, -0.2) is 29.9 Å². The van der Waals surface area contributed by atoms with Crippen LogP contribution in [0.25, 0.3) is 0 Å². The molecule has 1 saturated heterocycles. The number of alkyl halides is 1. The Labute approximate surface area is 127 Å². The molecule has 2 aliphatic carbocycles. The SMILES string of the molecule is BrCC1(CN2CCC3CCCCC3C2)CCCCC1. The first-order valence-corrected chi connectivity index (χ1v) is 9.72. The van der Waals surface area contributed by atoms with E-state index in [0.29, 0.717) is 5.41 Å². The molecular weight excluding hydrogens is 298 g/mol. The van der Waals surface area contributed by atoms with Crippen LogP contribution in [0.3, 0.4) is 0 Å². The Kier molecular flexibility index (Phi) is 4.90. The van der Waals surface area contributed by atoms with Crippen molar-refractivity contribution in [3.63, 3.8) is 0 Å². The van der Waals surface area contributed by atoms with Gasteiger partial charge in [0.15, 0.2) is 0 Å². The Balaban J connectivity index is 1.57. The summed E-state index contributed by atoms with van der Waals surface area (Å²) in [6.45, 7) is 4.18. The molecule has 1 nitrogen and oxygen atoms in total. The van der Waals surface area contributed by atoms with Crippen LogP contribution >= 0.6 is 15.9 Å². The molecule has 19 heavy (non-hydrogen) atoms. The first kappa shape index (κ1) is 14.4. The number of hydrogen-bond acceptors (Lipinski definition) is 1. The number of likely N-dealkylation sites (tertiary alicyclic amines) is 1. The number of hydrogen-bond donors (Lipinski definition) is 0. The van der Waals surface area contributed by atoms with Gasteiger partial charge in [0.1, 0.15) is 0 Å². The predicted octanol–water partition coefficient (Wildman–Crippen LogP) is 4.84. The van der Waals surface area contributed by atoms with Gasteiger partial charge >= 0.3 is 0 Å². The fourth-order valence-corrected chi connectivity index (χ4v) is 5.67. The molecule has 2 heteroatoms. The molecule has 1 heterocycles. The van der Waals surface area contributed by atoms with Gasteiger partial charge in [-0.2, -0.15) is 0 Å². The maximum absolute atomic E-state index is 3.84. The molecule has 0 amide bonds. The summed E-state index contributed by atoms with van der Waals surface area (Å²) >= 11 is 3.84. The van der Waals surface area contributed by atoms with Gasteiger partial charge in [-0.25, -0.2) is 0 Å². The summed E-state index contributed by atoms with van der Waals surface area (Å²) in [4.78, 5) is 2.83. The minimum Gasteiger partial charge on any atom is -0.302 e. The molecule has 3 aliphatic rings. The molecule has 0 spiro atoms. The highest BCUT2D eigenvalue weighted by Crippen LogP contribution is 2.41. The van der Waals surface area contributed by atoms with Gasteiger partial charge in [-0.05, 0) is 49.5 Å². The number of fused-ring (bicyclic) bond motifs is 1. The summed E-state index contributed by atoms with van der Waals surface area (Å²) in [5.41, 5.74) is 0.611. The second-order valence-corrected chi connectivity index (χ2v) is 8.08. The fraction of sp³-hybridized carbons (Fsp3) is 1.00. The first-order valence-electron chi connectivity index (χ1n) is 8.60. The molecule has 3 fully saturated rings. The summed E-state index contributed by atoms with van der Waals surface area (Å²) in [5, 5.41) is 1.23. The molecule has 2 saturated carbocycles. The lowest BCUT2D eigenvalue weighted by molar-refractivity contribution is 0.0460. The van der Waals surface area contributed by atoms with Crippen molar-refractivity contribution in [2.75, 3.05) is 25.0 Å². The summed E-state index contributed by atoms with van der Waals surface area (Å²) in [7, 11) is 0. The van der Waals surface area contributed by atoms with E-state index in [1.165, 1.54) is 89.2 Å². The lowest BCUT2D eigenvalue weighted by Crippen LogP contribution is -2.47. The Hall–Kier alpha value is 0.440. The minimum absolute atomic E-state index is 0.611. The van der Waals surface area contributed by atoms with Crippen LogP contribution in [0.4, 0.5) is 0 Å². The van der Waals surface area contributed by atoms with Crippen molar-refractivity contribution in [2.24, 2.45) is 17.3 Å². The second kappa shape index (κ2) is 6.47. The molecule has 2 atom stereocenters. The zero-order valence-corrected chi connectivity index (χ0v) is 14.0. The molecule has 3 rings (SSSR count). The highest BCUT2D eigenvalue weighted by molar-refractivity contribution is 9.09. The zero-order valence-electron chi connectivity index (χ0n) is 12.4. The molecule has 2 unspecified atom stereocenters. The maximum atomic E-state index is 3.84. The Morgan fingerprint density at radius 1 is 0.895 bits per heavy atom. The van der Waals surface area contributed by atoms with E-state index >= 15 is 0 Å². The monoisotopic (exact) mass is 327 g/mol. The number of piperidine rings is 1. The van der Waals surface area contributed by atoms with Crippen LogP contribution in [0.2, 0.25) is 0 Å². The van der Waals surface area contributed by atoms with Gasteiger partial charge in [0.2, 0.25) is 0 Å². The van der Waals surface area contributed by atoms with Gasteiger partial charge in [-0.1, -0.05) is 54.5 Å². The van der Waals surface area contributed by atoms with Gasteiger partial charge < -0.3 is 4.90 Å². The molecule has 0 aromatic rings. The molecule has 0 aromatic heterocycles. The van der Waals surface area contributed by atoms with Crippen molar-refractivity contribution < 1.29 is 0 Å². The second-order valence-electron chi connectivity index (χ2n) is 7.52. The van der Waals surface area contributed by atoms with E-state index < -0.39 is 0 Å². The third-order valence-electron chi connectivity index (χ3n) is 6.13. The zero-order chi connectivity index (χ0) is 13.1. The van der Waals surface area contributed by atoms with Gasteiger partial charge in [0.05, 0.1) is 0 Å². The summed E-state index contributed by atoms with van der Waals surface area (Å²) in [6.07, 6.45) is 14.9. The van der Waals surface area contributed by atoms with E-state index in [0.717, 1.165) is 11.8 Å². The highest BCUT2D eigenvalue weighted by atomic mass is 79.9. The van der Waals surface area contributed by atoms with Crippen molar-refractivity contribution in [3.05, 3.63) is 0 Å². The van der Waals surface area contributed by atoms with Gasteiger partial charge in [-0.15, -0.1) is 0 Å². The smallest absolute Gasteiger partial charge is 0.0100 e. The first-order chi connectivity index (χ1) is 9.31. The predicted molar refractivity (Wildman–Crippen MR) is 85.8 cm³/mol. The standard InChI is InChI=1S/C17H30BrN/c18-13-17(9-4-1-5-10-17)14-19-11-8-15-6-2-3-7-16(15)12-19/h15-16H,1-14H2. The Morgan fingerprint density at radius 3 is 2.37 bits per heavy atom. The lowest BCUT2D eigenvalue weighted by Gasteiger charge is -2.46. The lowest BCUT2D eigenvalue weighted by atomic mass is 9.72. The van der Waals surface area contributed by atoms with Crippen LogP contribution in [0.1, 0.15) is 64.2 Å². The van der Waals surface area contributed by atoms with Crippen molar-refractivity contribution in [1.29, 1.82) is 0 Å². The topological polar surface area (TPSA) is 3.24 Å². The molecule has 0 aromatic carbocycles. The molecule has 0 radical (unpaired) electrons. The van der Waals surface area contributed by atoms with Crippen LogP contribution in [-0.2, 0) is 0 Å². The van der Waals surface area contributed by atoms with Gasteiger partial charge in [-0.3, -0.25) is 0 Å². The largest absolute Gasteiger partial charge is 0.302 e. The molecular formula is C17H30BrN. The molecule has 110 valence electrons. The van der Waals surface area contributed by atoms with E-state index in [1.54, 1.807) is 0 Å². The van der Waals surface area contributed by atoms with Crippen LogP contribution < -0.4 is 0 Å². The Bertz CT molecular complexity index is 285. The molecule has 0 bridgehead atoms. The third-order valence-corrected chi connectivity index (χ3v) is 7.32. The van der Waals surface area contributed by atoms with E-state index in [9.17, 15) is 0 Å². The van der Waals surface area contributed by atoms with Crippen LogP contribution in [0.15, 0.2) is 0 Å². The highest BCUT2D eigenvalue weighted by Gasteiger charge is 2.37. The molecule has 1 aliphatic heterocycles. The normalized spacial score (nSPS) is 35.8. The van der Waals surface area contributed by atoms with Crippen LogP contribution in [0, 0.1) is 17.3 Å². The van der Waals surface area contributed by atoms with Crippen molar-refractivity contribution in [3.8, 4) is 0 Å². The molecule has 0 N–H and O–H groups in total. The Morgan fingerprint density at radius 2 is 1.63 bits per heavy atom. The van der Waals surface area contributed by atoms with E-state index in [4.69, 9.17) is 0 Å². The summed E-state index contributed by atoms with van der Waals surface area (Å²) in [6, 6.07) is 0. The number of halogens is 1. The number of nitrogens with zero attached hydrogens (tertiary/aromatic N) is 1. The fourth-order valence-electron chi connectivity index (χ4n) is 4.93. The third kappa shape index (κ3) is 3.37. The van der Waals surface area contributed by atoms with Gasteiger partial charge in [0, 0.05) is 18.4 Å². The van der Waals surface area contributed by atoms with E-state index in [1.807, 2.05) is 0 Å². The van der Waals surface area contributed by atoms with Crippen molar-refractivity contribution in [1.82, 2.24) is 4.90 Å². The summed E-state index contributed by atoms with van der Waals surface area (Å²) < 4.78 is 0. The average Bonchev–Trinajstić information content (AvgIpc) is 2.48. The van der Waals surface area contributed by atoms with Crippen molar-refractivity contribution in [2.45, 2.75) is 64.2 Å². The van der Waals surface area contributed by atoms with E-state index in [-0.39, 0.29) is 0 Å². The number of rotatable bonds is 3. The minimum atomic E-state index is 0.611. The van der Waals surface area contributed by atoms with Crippen molar-refractivity contribution >= 4 is 15.9 Å². The van der Waals surface area contributed by atoms with E-state index in [2.05, 4.69) is 20.8 Å². The van der Waals surface area contributed by atoms with Crippen LogP contribution in [0.5, 0.6) is 0 Å². The summed E-state index contributed by atoms with van der Waals surface area (Å²) in [5.74, 6) is 2.12. The average molecular weight is 328 g/mol.